The number of hydrogen-bond donors (Lipinski definition) is 1. The van der Waals surface area contributed by atoms with Gasteiger partial charge in [0.15, 0.2) is 16.6 Å². The molecule has 0 radical (unpaired) electrons. The molecular formula is C22H46O4Si2. The van der Waals surface area contributed by atoms with Gasteiger partial charge >= 0.3 is 5.97 Å². The molecule has 28 heavy (non-hydrogen) atoms. The first-order valence-corrected chi connectivity index (χ1v) is 16.3. The van der Waals surface area contributed by atoms with E-state index in [0.717, 1.165) is 31.0 Å². The number of rotatable bonds is 14. The van der Waals surface area contributed by atoms with E-state index in [1.165, 1.54) is 0 Å². The lowest BCUT2D eigenvalue weighted by molar-refractivity contribution is -0.139. The third-order valence-electron chi connectivity index (χ3n) is 6.64. The van der Waals surface area contributed by atoms with Crippen molar-refractivity contribution >= 4 is 22.6 Å². The molecule has 0 heterocycles. The van der Waals surface area contributed by atoms with E-state index in [0.29, 0.717) is 6.42 Å². The first-order chi connectivity index (χ1) is 12.7. The Morgan fingerprint density at radius 2 is 1.61 bits per heavy atom. The van der Waals surface area contributed by atoms with Crippen LogP contribution in [-0.4, -0.2) is 39.4 Å². The van der Waals surface area contributed by atoms with Crippen molar-refractivity contribution in [2.24, 2.45) is 0 Å². The van der Waals surface area contributed by atoms with Crippen LogP contribution in [0.2, 0.25) is 36.3 Å². The average Bonchev–Trinajstić information content (AvgIpc) is 2.56. The molecule has 0 rings (SSSR count). The van der Waals surface area contributed by atoms with Gasteiger partial charge in [-0.2, -0.15) is 0 Å². The highest BCUT2D eigenvalue weighted by Crippen LogP contribution is 2.39. The van der Waals surface area contributed by atoms with Gasteiger partial charge in [0.2, 0.25) is 0 Å². The van der Waals surface area contributed by atoms with E-state index in [1.54, 1.807) is 0 Å². The zero-order valence-electron chi connectivity index (χ0n) is 20.0. The Kier molecular flexibility index (Phi) is 10.9. The van der Waals surface area contributed by atoms with Gasteiger partial charge in [-0.15, -0.1) is 6.58 Å². The molecule has 0 bridgehead atoms. The average molecular weight is 431 g/mol. The van der Waals surface area contributed by atoms with Crippen LogP contribution in [0, 0.1) is 0 Å². The Morgan fingerprint density at radius 3 is 1.96 bits per heavy atom. The van der Waals surface area contributed by atoms with Crippen LogP contribution in [0.5, 0.6) is 0 Å². The van der Waals surface area contributed by atoms with E-state index in [4.69, 9.17) is 8.85 Å². The fourth-order valence-electron chi connectivity index (χ4n) is 3.45. The van der Waals surface area contributed by atoms with Gasteiger partial charge in [0, 0.05) is 0 Å². The van der Waals surface area contributed by atoms with Crippen molar-refractivity contribution in [2.75, 3.05) is 0 Å². The second-order valence-electron chi connectivity index (χ2n) is 9.93. The number of carboxylic acid groups (broad SMARTS) is 1. The lowest BCUT2D eigenvalue weighted by Crippen LogP contribution is -2.47. The van der Waals surface area contributed by atoms with Gasteiger partial charge in [0.25, 0.3) is 0 Å². The van der Waals surface area contributed by atoms with Crippen molar-refractivity contribution in [2.45, 2.75) is 122 Å². The highest BCUT2D eigenvalue weighted by atomic mass is 28.4. The molecule has 0 aliphatic carbocycles. The molecule has 0 saturated carbocycles. The summed E-state index contributed by atoms with van der Waals surface area (Å²) >= 11 is 0. The Labute approximate surface area is 176 Å². The van der Waals surface area contributed by atoms with Gasteiger partial charge < -0.3 is 14.0 Å². The second-order valence-corrected chi connectivity index (χ2v) is 19.4. The minimum atomic E-state index is -2.03. The molecule has 2 atom stereocenters. The van der Waals surface area contributed by atoms with Crippen molar-refractivity contribution in [3.8, 4) is 0 Å². The SMILES string of the molecule is C=CCC(C)(CCC(CC(=O)O)O[Si](C)(C)C(C)(C)C)O[Si](CC)(CC)CC. The standard InChI is InChI=1S/C22H46O4Si2/c1-11-16-22(8,26-28(12-2,13-3)14-4)17-15-19(18-20(23)24)25-27(9,10)21(5,6)7/h11,19H,1,12-18H2,2-10H3,(H,23,24). The van der Waals surface area contributed by atoms with Gasteiger partial charge in [-0.25, -0.2) is 0 Å². The number of hydrogen-bond acceptors (Lipinski definition) is 3. The van der Waals surface area contributed by atoms with Crippen LogP contribution in [0.1, 0.15) is 74.1 Å². The normalized spacial score (nSPS) is 16.5. The minimum absolute atomic E-state index is 0.0502. The molecule has 0 amide bonds. The molecule has 1 N–H and O–H groups in total. The van der Waals surface area contributed by atoms with E-state index in [9.17, 15) is 9.90 Å². The molecular weight excluding hydrogens is 384 g/mol. The van der Waals surface area contributed by atoms with Gasteiger partial charge in [-0.1, -0.05) is 47.6 Å². The molecule has 0 spiro atoms. The molecule has 0 aliphatic heterocycles. The topological polar surface area (TPSA) is 55.8 Å². The number of aliphatic carboxylic acids is 1. The van der Waals surface area contributed by atoms with Gasteiger partial charge in [0.05, 0.1) is 18.1 Å². The molecule has 6 heteroatoms. The van der Waals surface area contributed by atoms with Crippen molar-refractivity contribution < 1.29 is 18.8 Å². The molecule has 166 valence electrons. The lowest BCUT2D eigenvalue weighted by atomic mass is 9.94. The van der Waals surface area contributed by atoms with Crippen LogP contribution < -0.4 is 0 Å². The smallest absolute Gasteiger partial charge is 0.305 e. The van der Waals surface area contributed by atoms with E-state index in [2.05, 4.69) is 68.1 Å². The van der Waals surface area contributed by atoms with E-state index >= 15 is 0 Å². The zero-order chi connectivity index (χ0) is 22.2. The summed E-state index contributed by atoms with van der Waals surface area (Å²) in [5, 5.41) is 9.47. The summed E-state index contributed by atoms with van der Waals surface area (Å²) in [4.78, 5) is 11.5. The van der Waals surface area contributed by atoms with Crippen molar-refractivity contribution in [3.63, 3.8) is 0 Å². The summed E-state index contributed by atoms with van der Waals surface area (Å²) in [5.41, 5.74) is -0.302. The first kappa shape index (κ1) is 27.6. The lowest BCUT2D eigenvalue weighted by Gasteiger charge is -2.42. The van der Waals surface area contributed by atoms with Crippen LogP contribution in [0.15, 0.2) is 12.7 Å². The monoisotopic (exact) mass is 430 g/mol. The molecule has 0 aromatic carbocycles. The molecule has 0 saturated heterocycles. The molecule has 0 fully saturated rings. The fraction of sp³-hybridized carbons (Fsp3) is 0.864. The molecule has 0 aromatic rings. The minimum Gasteiger partial charge on any atom is -0.481 e. The van der Waals surface area contributed by atoms with E-state index in [1.807, 2.05) is 6.08 Å². The Balaban J connectivity index is 5.43. The Morgan fingerprint density at radius 1 is 1.11 bits per heavy atom. The van der Waals surface area contributed by atoms with Crippen molar-refractivity contribution in [1.82, 2.24) is 0 Å². The summed E-state index contributed by atoms with van der Waals surface area (Å²) in [6, 6.07) is 3.31. The molecule has 4 nitrogen and oxygen atoms in total. The largest absolute Gasteiger partial charge is 0.481 e. The maximum Gasteiger partial charge on any atom is 0.305 e. The van der Waals surface area contributed by atoms with Crippen LogP contribution in [0.25, 0.3) is 0 Å². The predicted molar refractivity (Wildman–Crippen MR) is 125 cm³/mol. The summed E-state index contributed by atoms with van der Waals surface area (Å²) in [7, 11) is -3.80. The van der Waals surface area contributed by atoms with Gasteiger partial charge in [0.1, 0.15) is 0 Å². The Bertz CT molecular complexity index is 487. The first-order valence-electron chi connectivity index (χ1n) is 10.9. The maximum absolute atomic E-state index is 11.5. The summed E-state index contributed by atoms with van der Waals surface area (Å²) in [5.74, 6) is -0.797. The third-order valence-corrected chi connectivity index (χ3v) is 16.0. The fourth-order valence-corrected chi connectivity index (χ4v) is 8.00. The quantitative estimate of drug-likeness (QED) is 0.238. The van der Waals surface area contributed by atoms with Crippen LogP contribution >= 0.6 is 0 Å². The third kappa shape index (κ3) is 8.51. The maximum atomic E-state index is 11.5. The summed E-state index contributed by atoms with van der Waals surface area (Å²) < 4.78 is 13.3. The van der Waals surface area contributed by atoms with Gasteiger partial charge in [-0.3, -0.25) is 4.79 Å². The van der Waals surface area contributed by atoms with Gasteiger partial charge in [-0.05, 0) is 62.5 Å². The molecule has 0 aliphatic rings. The summed E-state index contributed by atoms with van der Waals surface area (Å²) in [6.45, 7) is 23.7. The molecule has 2 unspecified atom stereocenters. The predicted octanol–water partition coefficient (Wildman–Crippen LogP) is 6.99. The van der Waals surface area contributed by atoms with Crippen LogP contribution in [0.4, 0.5) is 0 Å². The molecule has 0 aromatic heterocycles. The van der Waals surface area contributed by atoms with Crippen LogP contribution in [-0.2, 0) is 13.6 Å². The highest BCUT2D eigenvalue weighted by molar-refractivity contribution is 6.74. The highest BCUT2D eigenvalue weighted by Gasteiger charge is 2.41. The Hall–Kier alpha value is -0.436. The second kappa shape index (κ2) is 11.1. The van der Waals surface area contributed by atoms with E-state index in [-0.39, 0.29) is 23.2 Å². The number of carbonyl (C=O) groups is 1. The van der Waals surface area contributed by atoms with Crippen molar-refractivity contribution in [1.29, 1.82) is 0 Å². The van der Waals surface area contributed by atoms with Crippen LogP contribution in [0.3, 0.4) is 0 Å². The zero-order valence-corrected chi connectivity index (χ0v) is 22.0. The van der Waals surface area contributed by atoms with E-state index < -0.39 is 22.6 Å². The number of carboxylic acids is 1. The van der Waals surface area contributed by atoms with Crippen molar-refractivity contribution in [3.05, 3.63) is 12.7 Å². The summed E-state index contributed by atoms with van der Waals surface area (Å²) in [6.07, 6.45) is 3.98.